The van der Waals surface area contributed by atoms with Gasteiger partial charge >= 0.3 is 0 Å². The van der Waals surface area contributed by atoms with E-state index in [2.05, 4.69) is 44.2 Å². The average Bonchev–Trinajstić information content (AvgIpc) is 2.51. The number of aryl methyl sites for hydroxylation is 1. The van der Waals surface area contributed by atoms with Crippen molar-refractivity contribution in [2.45, 2.75) is 70.8 Å². The molecular formula is C18H28O. The van der Waals surface area contributed by atoms with Crippen LogP contribution in [0, 0.1) is 5.41 Å². The lowest BCUT2D eigenvalue weighted by atomic mass is 9.83. The first kappa shape index (κ1) is 14.6. The van der Waals surface area contributed by atoms with Crippen molar-refractivity contribution in [1.82, 2.24) is 0 Å². The van der Waals surface area contributed by atoms with Crippen LogP contribution >= 0.6 is 0 Å². The molecule has 1 aliphatic carbocycles. The lowest BCUT2D eigenvalue weighted by molar-refractivity contribution is 0.0122. The average molecular weight is 260 g/mol. The minimum absolute atomic E-state index is 0.400. The standard InChI is InChI=1S/C18H28O/c1-17(2)11-7-13-18(19,15-14-17)12-6-10-16-8-4-3-5-9-16/h3-5,8-9,19H,6-7,10-15H2,1-2H3. The van der Waals surface area contributed by atoms with Gasteiger partial charge in [0.05, 0.1) is 5.60 Å². The predicted octanol–water partition coefficient (Wildman–Crippen LogP) is 4.73. The van der Waals surface area contributed by atoms with Crippen LogP contribution in [-0.2, 0) is 6.42 Å². The van der Waals surface area contributed by atoms with Crippen molar-refractivity contribution >= 4 is 0 Å². The fourth-order valence-corrected chi connectivity index (χ4v) is 3.23. The summed E-state index contributed by atoms with van der Waals surface area (Å²) in [5.41, 5.74) is 1.41. The molecule has 106 valence electrons. The monoisotopic (exact) mass is 260 g/mol. The molecule has 0 heterocycles. The Morgan fingerprint density at radius 1 is 1.00 bits per heavy atom. The largest absolute Gasteiger partial charge is 0.390 e. The molecule has 1 heteroatoms. The van der Waals surface area contributed by atoms with Crippen molar-refractivity contribution in [1.29, 1.82) is 0 Å². The highest BCUT2D eigenvalue weighted by Crippen LogP contribution is 2.39. The summed E-state index contributed by atoms with van der Waals surface area (Å²) in [5.74, 6) is 0. The molecule has 1 aliphatic rings. The van der Waals surface area contributed by atoms with E-state index >= 15 is 0 Å². The van der Waals surface area contributed by atoms with Gasteiger partial charge in [0.25, 0.3) is 0 Å². The molecule has 1 aromatic carbocycles. The normalized spacial score (nSPS) is 26.9. The van der Waals surface area contributed by atoms with Crippen molar-refractivity contribution < 1.29 is 5.11 Å². The van der Waals surface area contributed by atoms with Gasteiger partial charge in [-0.25, -0.2) is 0 Å². The number of benzene rings is 1. The molecule has 0 aromatic heterocycles. The molecule has 1 aromatic rings. The van der Waals surface area contributed by atoms with Crippen LogP contribution in [0.3, 0.4) is 0 Å². The highest BCUT2D eigenvalue weighted by Gasteiger charge is 2.33. The molecule has 0 spiro atoms. The van der Waals surface area contributed by atoms with Gasteiger partial charge in [-0.3, -0.25) is 0 Å². The first-order valence-electron chi connectivity index (χ1n) is 7.76. The van der Waals surface area contributed by atoms with E-state index in [0.717, 1.165) is 38.5 Å². The van der Waals surface area contributed by atoms with Crippen LogP contribution in [0.2, 0.25) is 0 Å². The maximum atomic E-state index is 10.8. The Bertz CT molecular complexity index is 382. The molecule has 1 nitrogen and oxygen atoms in total. The van der Waals surface area contributed by atoms with Gasteiger partial charge in [0.15, 0.2) is 0 Å². The fraction of sp³-hybridized carbons (Fsp3) is 0.667. The third-order valence-electron chi connectivity index (χ3n) is 4.71. The van der Waals surface area contributed by atoms with Crippen LogP contribution in [0.25, 0.3) is 0 Å². The van der Waals surface area contributed by atoms with Gasteiger partial charge in [0.2, 0.25) is 0 Å². The van der Waals surface area contributed by atoms with Crippen molar-refractivity contribution in [3.63, 3.8) is 0 Å². The molecule has 0 bridgehead atoms. The second-order valence-corrected chi connectivity index (χ2v) is 7.08. The van der Waals surface area contributed by atoms with E-state index in [4.69, 9.17) is 0 Å². The van der Waals surface area contributed by atoms with Gasteiger partial charge in [-0.1, -0.05) is 50.6 Å². The second-order valence-electron chi connectivity index (χ2n) is 7.08. The van der Waals surface area contributed by atoms with Gasteiger partial charge in [-0.15, -0.1) is 0 Å². The summed E-state index contributed by atoms with van der Waals surface area (Å²) in [5, 5.41) is 10.8. The quantitative estimate of drug-likeness (QED) is 0.776. The van der Waals surface area contributed by atoms with Crippen LogP contribution in [-0.4, -0.2) is 10.7 Å². The fourth-order valence-electron chi connectivity index (χ4n) is 3.23. The Morgan fingerprint density at radius 2 is 1.74 bits per heavy atom. The summed E-state index contributed by atoms with van der Waals surface area (Å²) in [6.45, 7) is 4.67. The van der Waals surface area contributed by atoms with Gasteiger partial charge in [-0.2, -0.15) is 0 Å². The maximum Gasteiger partial charge on any atom is 0.0648 e. The van der Waals surface area contributed by atoms with Crippen molar-refractivity contribution in [3.05, 3.63) is 35.9 Å². The van der Waals surface area contributed by atoms with Crippen LogP contribution in [0.1, 0.15) is 64.4 Å². The SMILES string of the molecule is CC1(C)CCCC(O)(CCCc2ccccc2)CC1. The lowest BCUT2D eigenvalue weighted by Crippen LogP contribution is -2.28. The smallest absolute Gasteiger partial charge is 0.0648 e. The van der Waals surface area contributed by atoms with E-state index in [9.17, 15) is 5.11 Å². The van der Waals surface area contributed by atoms with Gasteiger partial charge in [-0.05, 0) is 55.9 Å². The Labute approximate surface area is 118 Å². The zero-order chi connectivity index (χ0) is 13.8. The van der Waals surface area contributed by atoms with Crippen molar-refractivity contribution in [2.75, 3.05) is 0 Å². The molecule has 19 heavy (non-hydrogen) atoms. The zero-order valence-corrected chi connectivity index (χ0v) is 12.5. The number of rotatable bonds is 4. The topological polar surface area (TPSA) is 20.2 Å². The molecule has 1 N–H and O–H groups in total. The molecule has 2 rings (SSSR count). The minimum atomic E-state index is -0.400. The molecule has 1 saturated carbocycles. The van der Waals surface area contributed by atoms with Crippen LogP contribution in [0.5, 0.6) is 0 Å². The van der Waals surface area contributed by atoms with Crippen LogP contribution in [0.4, 0.5) is 0 Å². The highest BCUT2D eigenvalue weighted by atomic mass is 16.3. The third-order valence-corrected chi connectivity index (χ3v) is 4.71. The Morgan fingerprint density at radius 3 is 2.47 bits per heavy atom. The van der Waals surface area contributed by atoms with E-state index in [-0.39, 0.29) is 0 Å². The van der Waals surface area contributed by atoms with Crippen molar-refractivity contribution in [2.24, 2.45) is 5.41 Å². The molecular weight excluding hydrogens is 232 g/mol. The second kappa shape index (κ2) is 6.09. The Hall–Kier alpha value is -0.820. The maximum absolute atomic E-state index is 10.8. The number of hydrogen-bond donors (Lipinski definition) is 1. The minimum Gasteiger partial charge on any atom is -0.390 e. The molecule has 1 atom stereocenters. The van der Waals surface area contributed by atoms with E-state index < -0.39 is 5.60 Å². The summed E-state index contributed by atoms with van der Waals surface area (Å²) < 4.78 is 0. The summed E-state index contributed by atoms with van der Waals surface area (Å²) in [6.07, 6.45) is 8.71. The van der Waals surface area contributed by atoms with E-state index in [1.54, 1.807) is 0 Å². The summed E-state index contributed by atoms with van der Waals surface area (Å²) in [6, 6.07) is 10.6. The first-order valence-corrected chi connectivity index (χ1v) is 7.76. The zero-order valence-electron chi connectivity index (χ0n) is 12.5. The Balaban J connectivity index is 1.81. The number of hydrogen-bond acceptors (Lipinski definition) is 1. The van der Waals surface area contributed by atoms with E-state index in [1.807, 2.05) is 0 Å². The molecule has 1 fully saturated rings. The van der Waals surface area contributed by atoms with Gasteiger partial charge in [0, 0.05) is 0 Å². The number of aliphatic hydroxyl groups is 1. The van der Waals surface area contributed by atoms with Gasteiger partial charge in [0.1, 0.15) is 0 Å². The molecule has 0 saturated heterocycles. The summed E-state index contributed by atoms with van der Waals surface area (Å²) in [4.78, 5) is 0. The molecule has 0 amide bonds. The molecule has 0 radical (unpaired) electrons. The third kappa shape index (κ3) is 4.65. The van der Waals surface area contributed by atoms with E-state index in [0.29, 0.717) is 5.41 Å². The summed E-state index contributed by atoms with van der Waals surface area (Å²) in [7, 11) is 0. The van der Waals surface area contributed by atoms with Crippen LogP contribution in [0.15, 0.2) is 30.3 Å². The first-order chi connectivity index (χ1) is 8.99. The van der Waals surface area contributed by atoms with Crippen molar-refractivity contribution in [3.8, 4) is 0 Å². The summed E-state index contributed by atoms with van der Waals surface area (Å²) >= 11 is 0. The van der Waals surface area contributed by atoms with Gasteiger partial charge < -0.3 is 5.11 Å². The molecule has 0 aliphatic heterocycles. The van der Waals surface area contributed by atoms with Crippen LogP contribution < -0.4 is 0 Å². The highest BCUT2D eigenvalue weighted by molar-refractivity contribution is 5.14. The Kier molecular flexibility index (Phi) is 4.67. The predicted molar refractivity (Wildman–Crippen MR) is 81.2 cm³/mol. The molecule has 1 unspecified atom stereocenters. The van der Waals surface area contributed by atoms with E-state index in [1.165, 1.54) is 18.4 Å². The lowest BCUT2D eigenvalue weighted by Gasteiger charge is -2.28.